The van der Waals surface area contributed by atoms with Crippen LogP contribution in [0.15, 0.2) is 0 Å². The van der Waals surface area contributed by atoms with E-state index < -0.39 is 5.60 Å². The molecule has 19 heavy (non-hydrogen) atoms. The molecule has 5 nitrogen and oxygen atoms in total. The molecule has 1 aliphatic rings. The standard InChI is InChI=1S/C13H21N3O2S/c1-3-10-11(19-16-15-10)12(17)14-8-13(18)6-4-5-9(2)7-13/h9,18H,3-8H2,1-2H3,(H,14,17). The van der Waals surface area contributed by atoms with Gasteiger partial charge in [0.05, 0.1) is 11.3 Å². The molecule has 0 spiro atoms. The van der Waals surface area contributed by atoms with Crippen LogP contribution in [0, 0.1) is 5.92 Å². The number of carbonyl (C=O) groups excluding carboxylic acids is 1. The highest BCUT2D eigenvalue weighted by molar-refractivity contribution is 7.08. The minimum absolute atomic E-state index is 0.168. The van der Waals surface area contributed by atoms with Crippen molar-refractivity contribution in [2.45, 2.75) is 51.6 Å². The summed E-state index contributed by atoms with van der Waals surface area (Å²) in [5, 5.41) is 17.2. The lowest BCUT2D eigenvalue weighted by Crippen LogP contribution is -2.45. The highest BCUT2D eigenvalue weighted by Gasteiger charge is 2.33. The smallest absolute Gasteiger partial charge is 0.265 e. The monoisotopic (exact) mass is 283 g/mol. The van der Waals surface area contributed by atoms with E-state index in [-0.39, 0.29) is 5.91 Å². The summed E-state index contributed by atoms with van der Waals surface area (Å²) in [5.74, 6) is 0.352. The van der Waals surface area contributed by atoms with E-state index in [9.17, 15) is 9.90 Å². The second kappa shape index (κ2) is 5.96. The fraction of sp³-hybridized carbons (Fsp3) is 0.769. The van der Waals surface area contributed by atoms with Gasteiger partial charge in [-0.1, -0.05) is 31.2 Å². The van der Waals surface area contributed by atoms with Crippen molar-refractivity contribution >= 4 is 17.4 Å². The Balaban J connectivity index is 1.93. The van der Waals surface area contributed by atoms with Crippen LogP contribution in [0.25, 0.3) is 0 Å². The van der Waals surface area contributed by atoms with Crippen LogP contribution < -0.4 is 5.32 Å². The van der Waals surface area contributed by atoms with E-state index in [2.05, 4.69) is 21.8 Å². The number of aromatic nitrogens is 2. The number of aliphatic hydroxyl groups is 1. The maximum absolute atomic E-state index is 12.1. The molecular formula is C13H21N3O2S. The van der Waals surface area contributed by atoms with Gasteiger partial charge >= 0.3 is 0 Å². The minimum Gasteiger partial charge on any atom is -0.388 e. The molecule has 2 atom stereocenters. The van der Waals surface area contributed by atoms with Crippen LogP contribution >= 0.6 is 11.5 Å². The van der Waals surface area contributed by atoms with E-state index in [1.165, 1.54) is 0 Å². The van der Waals surface area contributed by atoms with Crippen molar-refractivity contribution in [2.24, 2.45) is 5.92 Å². The third-order valence-corrected chi connectivity index (χ3v) is 4.51. The lowest BCUT2D eigenvalue weighted by molar-refractivity contribution is -0.0109. The summed E-state index contributed by atoms with van der Waals surface area (Å²) in [6.07, 6.45) is 4.40. The van der Waals surface area contributed by atoms with E-state index >= 15 is 0 Å². The molecule has 1 heterocycles. The first-order chi connectivity index (χ1) is 9.04. The number of hydrogen-bond donors (Lipinski definition) is 2. The van der Waals surface area contributed by atoms with Gasteiger partial charge < -0.3 is 10.4 Å². The molecule has 0 bridgehead atoms. The molecule has 2 unspecified atom stereocenters. The van der Waals surface area contributed by atoms with Crippen molar-refractivity contribution in [3.05, 3.63) is 10.6 Å². The number of carbonyl (C=O) groups is 1. The van der Waals surface area contributed by atoms with Crippen LogP contribution in [0.4, 0.5) is 0 Å². The van der Waals surface area contributed by atoms with Gasteiger partial charge in [-0.05, 0) is 36.7 Å². The number of nitrogens with one attached hydrogen (secondary N) is 1. The Morgan fingerprint density at radius 3 is 3.11 bits per heavy atom. The highest BCUT2D eigenvalue weighted by atomic mass is 32.1. The molecular weight excluding hydrogens is 262 g/mol. The molecule has 1 saturated carbocycles. The molecule has 1 amide bonds. The minimum atomic E-state index is -0.752. The van der Waals surface area contributed by atoms with Crippen LogP contribution in [-0.2, 0) is 6.42 Å². The van der Waals surface area contributed by atoms with Gasteiger partial charge in [-0.3, -0.25) is 4.79 Å². The Kier molecular flexibility index (Phi) is 4.52. The quantitative estimate of drug-likeness (QED) is 0.883. The predicted molar refractivity (Wildman–Crippen MR) is 74.2 cm³/mol. The molecule has 2 N–H and O–H groups in total. The maximum Gasteiger partial charge on any atom is 0.265 e. The Morgan fingerprint density at radius 1 is 1.63 bits per heavy atom. The van der Waals surface area contributed by atoms with E-state index in [0.29, 0.717) is 23.8 Å². The lowest BCUT2D eigenvalue weighted by Gasteiger charge is -2.35. The molecule has 1 aliphatic carbocycles. The van der Waals surface area contributed by atoms with Crippen molar-refractivity contribution in [2.75, 3.05) is 6.54 Å². The van der Waals surface area contributed by atoms with Crippen LogP contribution in [-0.4, -0.2) is 32.7 Å². The number of nitrogens with zero attached hydrogens (tertiary/aromatic N) is 2. The van der Waals surface area contributed by atoms with Crippen molar-refractivity contribution in [1.82, 2.24) is 14.9 Å². The van der Waals surface area contributed by atoms with E-state index in [0.717, 1.165) is 42.9 Å². The summed E-state index contributed by atoms with van der Waals surface area (Å²) in [6.45, 7) is 4.41. The first kappa shape index (κ1) is 14.4. The summed E-state index contributed by atoms with van der Waals surface area (Å²) < 4.78 is 3.81. The average molecular weight is 283 g/mol. The summed E-state index contributed by atoms with van der Waals surface area (Å²) in [6, 6.07) is 0. The average Bonchev–Trinajstić information content (AvgIpc) is 2.84. The summed E-state index contributed by atoms with van der Waals surface area (Å²) in [4.78, 5) is 12.6. The number of amides is 1. The lowest BCUT2D eigenvalue weighted by atomic mass is 9.79. The molecule has 0 saturated heterocycles. The molecule has 0 radical (unpaired) electrons. The molecule has 1 aromatic heterocycles. The SMILES string of the molecule is CCc1nnsc1C(=O)NCC1(O)CCCC(C)C1. The predicted octanol–water partition coefficient (Wildman–Crippen LogP) is 1.77. The normalized spacial score (nSPS) is 27.2. The summed E-state index contributed by atoms with van der Waals surface area (Å²) in [7, 11) is 0. The van der Waals surface area contributed by atoms with Gasteiger partial charge in [-0.25, -0.2) is 0 Å². The van der Waals surface area contributed by atoms with Gasteiger partial charge in [0.2, 0.25) is 0 Å². The number of aryl methyl sites for hydroxylation is 1. The molecule has 1 fully saturated rings. The van der Waals surface area contributed by atoms with Crippen LogP contribution in [0.5, 0.6) is 0 Å². The van der Waals surface area contributed by atoms with Gasteiger partial charge in [0.25, 0.3) is 5.91 Å². The molecule has 0 aromatic carbocycles. The fourth-order valence-corrected chi connectivity index (χ4v) is 3.40. The molecule has 6 heteroatoms. The van der Waals surface area contributed by atoms with Gasteiger partial charge in [0.15, 0.2) is 0 Å². The van der Waals surface area contributed by atoms with Crippen LogP contribution in [0.3, 0.4) is 0 Å². The summed E-state index contributed by atoms with van der Waals surface area (Å²) in [5.41, 5.74) is -0.0239. The Hall–Kier alpha value is -1.01. The van der Waals surface area contributed by atoms with Crippen LogP contribution in [0.1, 0.15) is 54.9 Å². The fourth-order valence-electron chi connectivity index (χ4n) is 2.73. The molecule has 1 aromatic rings. The number of rotatable bonds is 4. The zero-order valence-corrected chi connectivity index (χ0v) is 12.3. The van der Waals surface area contributed by atoms with Gasteiger partial charge in [0.1, 0.15) is 4.88 Å². The Morgan fingerprint density at radius 2 is 2.42 bits per heavy atom. The Labute approximate surface area is 117 Å². The third-order valence-electron chi connectivity index (χ3n) is 3.74. The third kappa shape index (κ3) is 3.51. The number of hydrogen-bond acceptors (Lipinski definition) is 5. The molecule has 0 aliphatic heterocycles. The largest absolute Gasteiger partial charge is 0.388 e. The van der Waals surface area contributed by atoms with Crippen molar-refractivity contribution in [3.8, 4) is 0 Å². The topological polar surface area (TPSA) is 75.1 Å². The molecule has 2 rings (SSSR count). The first-order valence-electron chi connectivity index (χ1n) is 6.86. The van der Waals surface area contributed by atoms with Gasteiger partial charge in [0, 0.05) is 6.54 Å². The second-order valence-corrected chi connectivity index (χ2v) is 6.26. The van der Waals surface area contributed by atoms with Gasteiger partial charge in [-0.2, -0.15) is 0 Å². The molecule has 106 valence electrons. The van der Waals surface area contributed by atoms with E-state index in [1.54, 1.807) is 0 Å². The Bertz CT molecular complexity index is 449. The van der Waals surface area contributed by atoms with Crippen LogP contribution in [0.2, 0.25) is 0 Å². The maximum atomic E-state index is 12.1. The second-order valence-electron chi connectivity index (χ2n) is 5.51. The summed E-state index contributed by atoms with van der Waals surface area (Å²) >= 11 is 1.11. The zero-order valence-electron chi connectivity index (χ0n) is 11.5. The van der Waals surface area contributed by atoms with E-state index in [1.807, 2.05) is 6.92 Å². The van der Waals surface area contributed by atoms with Crippen molar-refractivity contribution in [1.29, 1.82) is 0 Å². The van der Waals surface area contributed by atoms with Gasteiger partial charge in [-0.15, -0.1) is 5.10 Å². The van der Waals surface area contributed by atoms with Crippen molar-refractivity contribution in [3.63, 3.8) is 0 Å². The van der Waals surface area contributed by atoms with E-state index in [4.69, 9.17) is 0 Å². The van der Waals surface area contributed by atoms with Crippen molar-refractivity contribution < 1.29 is 9.90 Å². The first-order valence-corrected chi connectivity index (χ1v) is 7.63. The highest BCUT2D eigenvalue weighted by Crippen LogP contribution is 2.31. The zero-order chi connectivity index (χ0) is 13.9.